The monoisotopic (exact) mass is 344 g/mol. The van der Waals surface area contributed by atoms with Crippen molar-refractivity contribution in [2.24, 2.45) is 0 Å². The number of halogens is 3. The lowest BCUT2D eigenvalue weighted by molar-refractivity contribution is 0.0525. The molecule has 0 amide bonds. The SMILES string of the molecule is CCOC(=O)c1cnc(Cc2ccc(Cl)c(Cl)c2)nc1Cl. The van der Waals surface area contributed by atoms with E-state index in [0.717, 1.165) is 5.56 Å². The van der Waals surface area contributed by atoms with Gasteiger partial charge in [-0.25, -0.2) is 14.8 Å². The Bertz CT molecular complexity index is 677. The van der Waals surface area contributed by atoms with Gasteiger partial charge in [-0.2, -0.15) is 0 Å². The molecule has 2 rings (SSSR count). The normalized spacial score (nSPS) is 10.5. The van der Waals surface area contributed by atoms with Gasteiger partial charge in [-0.15, -0.1) is 0 Å². The minimum atomic E-state index is -0.538. The molecule has 0 bridgehead atoms. The summed E-state index contributed by atoms with van der Waals surface area (Å²) >= 11 is 17.8. The van der Waals surface area contributed by atoms with Crippen LogP contribution in [0.25, 0.3) is 0 Å². The minimum Gasteiger partial charge on any atom is -0.462 e. The molecule has 2 aromatic rings. The molecule has 110 valence electrons. The van der Waals surface area contributed by atoms with Gasteiger partial charge in [0.2, 0.25) is 0 Å². The van der Waals surface area contributed by atoms with E-state index in [0.29, 0.717) is 22.3 Å². The van der Waals surface area contributed by atoms with Crippen LogP contribution in [-0.2, 0) is 11.2 Å². The number of hydrogen-bond donors (Lipinski definition) is 0. The summed E-state index contributed by atoms with van der Waals surface area (Å²) in [6, 6.07) is 5.26. The maximum Gasteiger partial charge on any atom is 0.342 e. The second-order valence-electron chi connectivity index (χ2n) is 4.14. The standard InChI is InChI=1S/C14H11Cl3N2O2/c1-2-21-14(20)9-7-18-12(19-13(9)17)6-8-3-4-10(15)11(16)5-8/h3-5,7H,2,6H2,1H3. The van der Waals surface area contributed by atoms with Crippen molar-refractivity contribution < 1.29 is 9.53 Å². The molecular weight excluding hydrogens is 335 g/mol. The van der Waals surface area contributed by atoms with Gasteiger partial charge in [0.15, 0.2) is 0 Å². The van der Waals surface area contributed by atoms with Gasteiger partial charge in [0.05, 0.1) is 16.7 Å². The number of carbonyl (C=O) groups excluding carboxylic acids is 1. The first-order chi connectivity index (χ1) is 10.0. The largest absolute Gasteiger partial charge is 0.462 e. The molecule has 0 atom stereocenters. The Morgan fingerprint density at radius 1 is 1.24 bits per heavy atom. The quantitative estimate of drug-likeness (QED) is 0.615. The van der Waals surface area contributed by atoms with Gasteiger partial charge in [0, 0.05) is 12.6 Å². The van der Waals surface area contributed by atoms with Crippen LogP contribution >= 0.6 is 34.8 Å². The van der Waals surface area contributed by atoms with E-state index >= 15 is 0 Å². The number of nitrogens with zero attached hydrogens (tertiary/aromatic N) is 2. The molecule has 1 aromatic heterocycles. The molecular formula is C14H11Cl3N2O2. The zero-order valence-corrected chi connectivity index (χ0v) is 13.3. The van der Waals surface area contributed by atoms with Crippen LogP contribution in [0, 0.1) is 0 Å². The molecule has 4 nitrogen and oxygen atoms in total. The van der Waals surface area contributed by atoms with Crippen LogP contribution in [0.15, 0.2) is 24.4 Å². The number of rotatable bonds is 4. The smallest absolute Gasteiger partial charge is 0.342 e. The van der Waals surface area contributed by atoms with Crippen molar-refractivity contribution in [2.45, 2.75) is 13.3 Å². The van der Waals surface area contributed by atoms with Crippen molar-refractivity contribution in [1.29, 1.82) is 0 Å². The molecule has 0 aliphatic rings. The Labute approximate surface area is 137 Å². The Balaban J connectivity index is 2.20. The van der Waals surface area contributed by atoms with Crippen LogP contribution in [0.3, 0.4) is 0 Å². The number of hydrogen-bond acceptors (Lipinski definition) is 4. The first kappa shape index (κ1) is 16.0. The van der Waals surface area contributed by atoms with Gasteiger partial charge in [0.1, 0.15) is 16.5 Å². The van der Waals surface area contributed by atoms with Crippen LogP contribution in [-0.4, -0.2) is 22.5 Å². The molecule has 0 radical (unpaired) electrons. The summed E-state index contributed by atoms with van der Waals surface area (Å²) in [5.41, 5.74) is 1.04. The van der Waals surface area contributed by atoms with Gasteiger partial charge < -0.3 is 4.74 Å². The summed E-state index contributed by atoms with van der Waals surface area (Å²) in [5, 5.41) is 1.01. The molecule has 0 aliphatic heterocycles. The van der Waals surface area contributed by atoms with E-state index in [1.165, 1.54) is 6.20 Å². The molecule has 0 spiro atoms. The first-order valence-electron chi connectivity index (χ1n) is 6.13. The lowest BCUT2D eigenvalue weighted by Gasteiger charge is -2.06. The fraction of sp³-hybridized carbons (Fsp3) is 0.214. The van der Waals surface area contributed by atoms with Crippen molar-refractivity contribution in [2.75, 3.05) is 6.61 Å². The van der Waals surface area contributed by atoms with E-state index in [9.17, 15) is 4.79 Å². The Hall–Kier alpha value is -1.36. The van der Waals surface area contributed by atoms with E-state index in [4.69, 9.17) is 39.5 Å². The van der Waals surface area contributed by atoms with E-state index in [-0.39, 0.29) is 17.3 Å². The summed E-state index contributed by atoms with van der Waals surface area (Å²) in [6.45, 7) is 1.98. The minimum absolute atomic E-state index is 0.0681. The molecule has 21 heavy (non-hydrogen) atoms. The second kappa shape index (κ2) is 7.07. The highest BCUT2D eigenvalue weighted by Crippen LogP contribution is 2.23. The van der Waals surface area contributed by atoms with Gasteiger partial charge in [-0.3, -0.25) is 0 Å². The summed E-state index contributed by atoms with van der Waals surface area (Å²) in [7, 11) is 0. The number of aromatic nitrogens is 2. The summed E-state index contributed by atoms with van der Waals surface area (Å²) in [6.07, 6.45) is 1.79. The second-order valence-corrected chi connectivity index (χ2v) is 5.31. The number of benzene rings is 1. The van der Waals surface area contributed by atoms with Crippen molar-refractivity contribution in [1.82, 2.24) is 9.97 Å². The molecule has 0 saturated carbocycles. The maximum absolute atomic E-state index is 11.6. The van der Waals surface area contributed by atoms with Crippen molar-refractivity contribution >= 4 is 40.8 Å². The topological polar surface area (TPSA) is 52.1 Å². The van der Waals surface area contributed by atoms with Crippen molar-refractivity contribution in [3.63, 3.8) is 0 Å². The average molecular weight is 346 g/mol. The maximum atomic E-state index is 11.6. The lowest BCUT2D eigenvalue weighted by Crippen LogP contribution is -2.08. The highest BCUT2D eigenvalue weighted by molar-refractivity contribution is 6.42. The molecule has 1 heterocycles. The number of ether oxygens (including phenoxy) is 1. The number of esters is 1. The van der Waals surface area contributed by atoms with Crippen LogP contribution < -0.4 is 0 Å². The molecule has 0 fully saturated rings. The molecule has 7 heteroatoms. The Morgan fingerprint density at radius 2 is 2.00 bits per heavy atom. The van der Waals surface area contributed by atoms with Crippen molar-refractivity contribution in [3.8, 4) is 0 Å². The fourth-order valence-electron chi connectivity index (χ4n) is 1.66. The van der Waals surface area contributed by atoms with Crippen LogP contribution in [0.1, 0.15) is 28.7 Å². The van der Waals surface area contributed by atoms with Crippen LogP contribution in [0.2, 0.25) is 15.2 Å². The average Bonchev–Trinajstić information content (AvgIpc) is 2.43. The van der Waals surface area contributed by atoms with E-state index in [1.807, 2.05) is 6.07 Å². The zero-order chi connectivity index (χ0) is 15.4. The van der Waals surface area contributed by atoms with Gasteiger partial charge in [-0.05, 0) is 24.6 Å². The summed E-state index contributed by atoms with van der Waals surface area (Å²) in [5.74, 6) is -0.0602. The Morgan fingerprint density at radius 3 is 2.62 bits per heavy atom. The zero-order valence-electron chi connectivity index (χ0n) is 11.1. The third-order valence-electron chi connectivity index (χ3n) is 2.63. The fourth-order valence-corrected chi connectivity index (χ4v) is 2.20. The Kier molecular flexibility index (Phi) is 5.39. The van der Waals surface area contributed by atoms with E-state index < -0.39 is 5.97 Å². The molecule has 1 aromatic carbocycles. The summed E-state index contributed by atoms with van der Waals surface area (Å²) in [4.78, 5) is 19.8. The molecule has 0 unspecified atom stereocenters. The molecule has 0 aliphatic carbocycles. The molecule has 0 saturated heterocycles. The molecule has 0 N–H and O–H groups in total. The van der Waals surface area contributed by atoms with E-state index in [1.54, 1.807) is 19.1 Å². The highest BCUT2D eigenvalue weighted by Gasteiger charge is 2.14. The first-order valence-corrected chi connectivity index (χ1v) is 7.27. The third-order valence-corrected chi connectivity index (χ3v) is 3.66. The number of carbonyl (C=O) groups is 1. The van der Waals surface area contributed by atoms with Crippen molar-refractivity contribution in [3.05, 3.63) is 56.5 Å². The lowest BCUT2D eigenvalue weighted by atomic mass is 10.1. The van der Waals surface area contributed by atoms with Gasteiger partial charge >= 0.3 is 5.97 Å². The summed E-state index contributed by atoms with van der Waals surface area (Å²) < 4.78 is 4.86. The van der Waals surface area contributed by atoms with Gasteiger partial charge in [0.25, 0.3) is 0 Å². The van der Waals surface area contributed by atoms with E-state index in [2.05, 4.69) is 9.97 Å². The van der Waals surface area contributed by atoms with Gasteiger partial charge in [-0.1, -0.05) is 40.9 Å². The van der Waals surface area contributed by atoms with Crippen LogP contribution in [0.5, 0.6) is 0 Å². The predicted molar refractivity (Wildman–Crippen MR) is 82.3 cm³/mol. The highest BCUT2D eigenvalue weighted by atomic mass is 35.5. The predicted octanol–water partition coefficient (Wildman–Crippen LogP) is 4.20. The van der Waals surface area contributed by atoms with Crippen LogP contribution in [0.4, 0.5) is 0 Å². The third kappa shape index (κ3) is 4.06.